The van der Waals surface area contributed by atoms with Crippen LogP contribution in [0.5, 0.6) is 0 Å². The van der Waals surface area contributed by atoms with Gasteiger partial charge in [0.05, 0.1) is 10.0 Å². The number of benzene rings is 1. The molecule has 1 N–H and O–H groups in total. The van der Waals surface area contributed by atoms with Crippen LogP contribution in [0.15, 0.2) is 30.0 Å². The highest BCUT2D eigenvalue weighted by Gasteiger charge is 2.32. The van der Waals surface area contributed by atoms with Gasteiger partial charge in [-0.3, -0.25) is 9.69 Å². The largest absolute Gasteiger partial charge is 0.329 e. The van der Waals surface area contributed by atoms with E-state index in [-0.39, 0.29) is 17.6 Å². The topological polar surface area (TPSA) is 54.3 Å². The number of urea groups is 1. The molecule has 1 saturated heterocycles. The van der Waals surface area contributed by atoms with Crippen LogP contribution >= 0.6 is 23.2 Å². The van der Waals surface area contributed by atoms with Gasteiger partial charge in [0, 0.05) is 23.6 Å². The smallest absolute Gasteiger partial charge is 0.318 e. The zero-order valence-corrected chi connectivity index (χ0v) is 16.3. The third-order valence-corrected chi connectivity index (χ3v) is 5.08. The summed E-state index contributed by atoms with van der Waals surface area (Å²) < 4.78 is 2.03. The Labute approximate surface area is 162 Å². The summed E-state index contributed by atoms with van der Waals surface area (Å²) in [5, 5.41) is 3.62. The van der Waals surface area contributed by atoms with Gasteiger partial charge in [-0.05, 0) is 56.2 Å². The predicted molar refractivity (Wildman–Crippen MR) is 104 cm³/mol. The number of hydrogen-bond acceptors (Lipinski definition) is 2. The zero-order chi connectivity index (χ0) is 19.0. The Kier molecular flexibility index (Phi) is 5.12. The summed E-state index contributed by atoms with van der Waals surface area (Å²) in [5.74, 6) is -0.295. The standard InChI is InChI=1S/C19H19Cl2N3O2/c1-4-7-23-18(25)17(22-19(23)26)9-13-8-11(2)24(12(13)3)14-5-6-15(20)16(21)10-14/h5-6,8-10H,4,7H2,1-3H3,(H,22,26)/b17-9-. The second-order valence-corrected chi connectivity index (χ2v) is 7.02. The fourth-order valence-electron chi connectivity index (χ4n) is 3.11. The predicted octanol–water partition coefficient (Wildman–Crippen LogP) is 4.70. The van der Waals surface area contributed by atoms with Crippen molar-refractivity contribution in [1.82, 2.24) is 14.8 Å². The minimum atomic E-state index is -0.374. The van der Waals surface area contributed by atoms with Crippen LogP contribution in [0.25, 0.3) is 11.8 Å². The summed E-state index contributed by atoms with van der Waals surface area (Å²) in [5.41, 5.74) is 3.95. The van der Waals surface area contributed by atoms with Gasteiger partial charge in [-0.1, -0.05) is 30.1 Å². The van der Waals surface area contributed by atoms with Gasteiger partial charge in [0.1, 0.15) is 5.70 Å². The summed E-state index contributed by atoms with van der Waals surface area (Å²) in [6.07, 6.45) is 2.44. The van der Waals surface area contributed by atoms with Crippen molar-refractivity contribution >= 4 is 41.2 Å². The minimum absolute atomic E-state index is 0.290. The van der Waals surface area contributed by atoms with Crippen LogP contribution in [0.4, 0.5) is 4.79 Å². The Morgan fingerprint density at radius 2 is 1.85 bits per heavy atom. The number of nitrogens with zero attached hydrogens (tertiary/aromatic N) is 2. The van der Waals surface area contributed by atoms with Crippen LogP contribution in [0, 0.1) is 13.8 Å². The Morgan fingerprint density at radius 1 is 1.12 bits per heavy atom. The summed E-state index contributed by atoms with van der Waals surface area (Å²) in [4.78, 5) is 25.6. The molecule has 3 amide bonds. The van der Waals surface area contributed by atoms with Crippen molar-refractivity contribution in [3.63, 3.8) is 0 Å². The fourth-order valence-corrected chi connectivity index (χ4v) is 3.40. The van der Waals surface area contributed by atoms with Crippen LogP contribution in [0.3, 0.4) is 0 Å². The van der Waals surface area contributed by atoms with Gasteiger partial charge in [0.2, 0.25) is 0 Å². The lowest BCUT2D eigenvalue weighted by Crippen LogP contribution is -2.31. The van der Waals surface area contributed by atoms with E-state index >= 15 is 0 Å². The summed E-state index contributed by atoms with van der Waals surface area (Å²) in [7, 11) is 0. The summed E-state index contributed by atoms with van der Waals surface area (Å²) >= 11 is 12.1. The molecule has 1 aliphatic heterocycles. The minimum Gasteiger partial charge on any atom is -0.318 e. The lowest BCUT2D eigenvalue weighted by atomic mass is 10.2. The molecule has 1 aromatic carbocycles. The number of halogens is 2. The third kappa shape index (κ3) is 3.24. The summed E-state index contributed by atoms with van der Waals surface area (Å²) in [6, 6.07) is 7.02. The van der Waals surface area contributed by atoms with E-state index in [0.717, 1.165) is 29.1 Å². The molecule has 2 aromatic rings. The van der Waals surface area contributed by atoms with Crippen LogP contribution in [-0.2, 0) is 4.79 Å². The quantitative estimate of drug-likeness (QED) is 0.606. The number of amides is 3. The van der Waals surface area contributed by atoms with Gasteiger partial charge in [0.25, 0.3) is 5.91 Å². The van der Waals surface area contributed by atoms with Gasteiger partial charge in [-0.25, -0.2) is 4.79 Å². The van der Waals surface area contributed by atoms with Crippen molar-refractivity contribution in [3.05, 3.63) is 57.0 Å². The van der Waals surface area contributed by atoms with Crippen LogP contribution in [0.2, 0.25) is 10.0 Å². The molecule has 136 valence electrons. The number of aromatic nitrogens is 1. The van der Waals surface area contributed by atoms with E-state index in [1.54, 1.807) is 18.2 Å². The lowest BCUT2D eigenvalue weighted by molar-refractivity contribution is -0.122. The maximum Gasteiger partial charge on any atom is 0.329 e. The number of carbonyl (C=O) groups is 2. The van der Waals surface area contributed by atoms with Gasteiger partial charge >= 0.3 is 6.03 Å². The maximum atomic E-state index is 12.4. The maximum absolute atomic E-state index is 12.4. The second kappa shape index (κ2) is 7.17. The molecule has 0 bridgehead atoms. The molecule has 3 rings (SSSR count). The molecule has 1 aromatic heterocycles. The van der Waals surface area contributed by atoms with E-state index in [2.05, 4.69) is 5.32 Å². The number of rotatable bonds is 4. The van der Waals surface area contributed by atoms with Crippen molar-refractivity contribution in [2.24, 2.45) is 0 Å². The average molecular weight is 392 g/mol. The number of nitrogens with one attached hydrogen (secondary N) is 1. The molecule has 5 nitrogen and oxygen atoms in total. The first-order valence-electron chi connectivity index (χ1n) is 8.32. The van der Waals surface area contributed by atoms with Crippen LogP contribution < -0.4 is 5.32 Å². The Bertz CT molecular complexity index is 931. The number of aryl methyl sites for hydroxylation is 1. The first kappa shape index (κ1) is 18.5. The number of imide groups is 1. The van der Waals surface area contributed by atoms with Crippen molar-refractivity contribution in [2.45, 2.75) is 27.2 Å². The van der Waals surface area contributed by atoms with Gasteiger partial charge in [-0.2, -0.15) is 0 Å². The lowest BCUT2D eigenvalue weighted by Gasteiger charge is -2.10. The highest BCUT2D eigenvalue weighted by molar-refractivity contribution is 6.42. The zero-order valence-electron chi connectivity index (χ0n) is 14.8. The van der Waals surface area contributed by atoms with Gasteiger partial charge < -0.3 is 9.88 Å². The molecule has 0 unspecified atom stereocenters. The van der Waals surface area contributed by atoms with E-state index in [9.17, 15) is 9.59 Å². The van der Waals surface area contributed by atoms with Gasteiger partial charge in [-0.15, -0.1) is 0 Å². The normalized spacial score (nSPS) is 15.9. The second-order valence-electron chi connectivity index (χ2n) is 6.21. The SMILES string of the molecule is CCCN1C(=O)N/C(=C\c2cc(C)n(-c3ccc(Cl)c(Cl)c3)c2C)C1=O. The monoisotopic (exact) mass is 391 g/mol. The Morgan fingerprint density at radius 3 is 2.50 bits per heavy atom. The molecule has 0 aliphatic carbocycles. The molecular formula is C19H19Cl2N3O2. The van der Waals surface area contributed by atoms with E-state index in [4.69, 9.17) is 23.2 Å². The fraction of sp³-hybridized carbons (Fsp3) is 0.263. The highest BCUT2D eigenvalue weighted by atomic mass is 35.5. The molecule has 1 fully saturated rings. The Balaban J connectivity index is 2.00. The molecule has 7 heteroatoms. The first-order valence-corrected chi connectivity index (χ1v) is 9.08. The number of carbonyl (C=O) groups excluding carboxylic acids is 2. The van der Waals surface area contributed by atoms with E-state index in [1.165, 1.54) is 4.90 Å². The van der Waals surface area contributed by atoms with Gasteiger partial charge in [0.15, 0.2) is 0 Å². The molecule has 0 spiro atoms. The third-order valence-electron chi connectivity index (χ3n) is 4.34. The van der Waals surface area contributed by atoms with Crippen molar-refractivity contribution in [1.29, 1.82) is 0 Å². The first-order chi connectivity index (χ1) is 12.3. The molecule has 26 heavy (non-hydrogen) atoms. The Hall–Kier alpha value is -2.24. The van der Waals surface area contributed by atoms with Crippen LogP contribution in [0.1, 0.15) is 30.3 Å². The highest BCUT2D eigenvalue weighted by Crippen LogP contribution is 2.28. The molecular weight excluding hydrogens is 373 g/mol. The van der Waals surface area contributed by atoms with Crippen molar-refractivity contribution in [3.8, 4) is 5.69 Å². The molecule has 2 heterocycles. The van der Waals surface area contributed by atoms with Crippen LogP contribution in [-0.4, -0.2) is 28.0 Å². The molecule has 0 atom stereocenters. The molecule has 1 aliphatic rings. The van der Waals surface area contributed by atoms with E-state index in [1.807, 2.05) is 37.5 Å². The number of hydrogen-bond donors (Lipinski definition) is 1. The van der Waals surface area contributed by atoms with E-state index in [0.29, 0.717) is 16.6 Å². The van der Waals surface area contributed by atoms with Crippen molar-refractivity contribution < 1.29 is 9.59 Å². The summed E-state index contributed by atoms with van der Waals surface area (Å²) in [6.45, 7) is 6.25. The van der Waals surface area contributed by atoms with Crippen molar-refractivity contribution in [2.75, 3.05) is 6.54 Å². The molecule has 0 radical (unpaired) electrons. The van der Waals surface area contributed by atoms with E-state index < -0.39 is 0 Å². The molecule has 0 saturated carbocycles. The average Bonchev–Trinajstić information content (AvgIpc) is 3.01.